The van der Waals surface area contributed by atoms with E-state index in [2.05, 4.69) is 33.2 Å². The molecule has 1 fully saturated rings. The van der Waals surface area contributed by atoms with Crippen LogP contribution in [0.5, 0.6) is 0 Å². The van der Waals surface area contributed by atoms with Crippen LogP contribution in [0.15, 0.2) is 64.0 Å². The second-order valence-corrected chi connectivity index (χ2v) is 10.3. The molecule has 1 saturated heterocycles. The Kier molecular flexibility index (Phi) is 5.90. The Labute approximate surface area is 184 Å². The number of benzene rings is 2. The van der Waals surface area contributed by atoms with Gasteiger partial charge in [0.25, 0.3) is 5.91 Å². The summed E-state index contributed by atoms with van der Waals surface area (Å²) < 4.78 is 28.2. The molecule has 156 valence electrons. The van der Waals surface area contributed by atoms with Gasteiger partial charge in [-0.05, 0) is 71.1 Å². The summed E-state index contributed by atoms with van der Waals surface area (Å²) in [4.78, 5) is 17.3. The fraction of sp³-hybridized carbons (Fsp3) is 0.273. The van der Waals surface area contributed by atoms with E-state index in [0.29, 0.717) is 29.3 Å². The summed E-state index contributed by atoms with van der Waals surface area (Å²) in [6.45, 7) is 3.12. The molecule has 30 heavy (non-hydrogen) atoms. The maximum absolute atomic E-state index is 13.1. The minimum Gasteiger partial charge on any atom is -0.307 e. The van der Waals surface area contributed by atoms with E-state index in [-0.39, 0.29) is 10.5 Å². The summed E-state index contributed by atoms with van der Waals surface area (Å²) in [5.41, 5.74) is 1.03. The Balaban J connectivity index is 1.59. The van der Waals surface area contributed by atoms with E-state index in [0.717, 1.165) is 23.7 Å². The first-order chi connectivity index (χ1) is 14.3. The van der Waals surface area contributed by atoms with Crippen molar-refractivity contribution in [2.24, 2.45) is 5.92 Å². The van der Waals surface area contributed by atoms with E-state index >= 15 is 0 Å². The van der Waals surface area contributed by atoms with Crippen molar-refractivity contribution in [3.05, 3.63) is 64.6 Å². The standard InChI is InChI=1S/C22H22BrN3O3S/c1-15-10-12-26(13-11-15)30(28,29)20-14-17(6-8-18(20)23)22(27)25-21-9-7-16-4-2-3-5-19(16)24-21/h2-9,14-15H,10-13H2,1H3,(H,24,25,27). The van der Waals surface area contributed by atoms with Crippen LogP contribution >= 0.6 is 15.9 Å². The van der Waals surface area contributed by atoms with Crippen LogP contribution in [0, 0.1) is 5.92 Å². The number of carbonyl (C=O) groups excluding carboxylic acids is 1. The first kappa shape index (κ1) is 21.0. The zero-order valence-corrected chi connectivity index (χ0v) is 18.9. The quantitative estimate of drug-likeness (QED) is 0.579. The van der Waals surface area contributed by atoms with Crippen molar-refractivity contribution < 1.29 is 13.2 Å². The molecule has 1 aliphatic heterocycles. The molecule has 4 rings (SSSR count). The normalized spacial score (nSPS) is 15.9. The SMILES string of the molecule is CC1CCN(S(=O)(=O)c2cc(C(=O)Nc3ccc4ccccc4n3)ccc2Br)CC1. The largest absolute Gasteiger partial charge is 0.307 e. The summed E-state index contributed by atoms with van der Waals surface area (Å²) in [6.07, 6.45) is 1.68. The van der Waals surface area contributed by atoms with E-state index in [4.69, 9.17) is 0 Å². The molecule has 0 aliphatic carbocycles. The van der Waals surface area contributed by atoms with Gasteiger partial charge in [-0.1, -0.05) is 25.1 Å². The third kappa shape index (κ3) is 4.26. The first-order valence-electron chi connectivity index (χ1n) is 9.81. The second-order valence-electron chi connectivity index (χ2n) is 7.58. The zero-order chi connectivity index (χ0) is 21.3. The van der Waals surface area contributed by atoms with Gasteiger partial charge in [0.1, 0.15) is 5.82 Å². The fourth-order valence-corrected chi connectivity index (χ4v) is 5.95. The molecule has 8 heteroatoms. The number of halogens is 1. The average Bonchev–Trinajstić information content (AvgIpc) is 2.74. The predicted molar refractivity (Wildman–Crippen MR) is 121 cm³/mol. The van der Waals surface area contributed by atoms with Crippen LogP contribution in [0.25, 0.3) is 10.9 Å². The summed E-state index contributed by atoms with van der Waals surface area (Å²) in [7, 11) is -3.68. The molecule has 0 spiro atoms. The molecule has 0 bridgehead atoms. The number of aromatic nitrogens is 1. The molecular formula is C22H22BrN3O3S. The summed E-state index contributed by atoms with van der Waals surface area (Å²) in [5.74, 6) is 0.525. The number of fused-ring (bicyclic) bond motifs is 1. The second kappa shape index (κ2) is 8.45. The zero-order valence-electron chi connectivity index (χ0n) is 16.5. The number of para-hydroxylation sites is 1. The number of nitrogens with one attached hydrogen (secondary N) is 1. The average molecular weight is 488 g/mol. The smallest absolute Gasteiger partial charge is 0.256 e. The van der Waals surface area contributed by atoms with E-state index < -0.39 is 15.9 Å². The molecule has 1 amide bonds. The molecule has 1 aromatic heterocycles. The Morgan fingerprint density at radius 2 is 1.83 bits per heavy atom. The van der Waals surface area contributed by atoms with Crippen molar-refractivity contribution in [3.63, 3.8) is 0 Å². The highest BCUT2D eigenvalue weighted by atomic mass is 79.9. The highest BCUT2D eigenvalue weighted by molar-refractivity contribution is 9.10. The Hall–Kier alpha value is -2.29. The van der Waals surface area contributed by atoms with Crippen LogP contribution in [-0.4, -0.2) is 36.7 Å². The number of hydrogen-bond acceptors (Lipinski definition) is 4. The van der Waals surface area contributed by atoms with E-state index in [1.54, 1.807) is 18.2 Å². The molecular weight excluding hydrogens is 466 g/mol. The molecule has 0 saturated carbocycles. The van der Waals surface area contributed by atoms with Gasteiger partial charge in [0.05, 0.1) is 10.4 Å². The molecule has 1 N–H and O–H groups in total. The number of nitrogens with zero attached hydrogens (tertiary/aromatic N) is 2. The molecule has 0 atom stereocenters. The number of pyridine rings is 1. The van der Waals surface area contributed by atoms with E-state index in [1.807, 2.05) is 30.3 Å². The Morgan fingerprint density at radius 3 is 2.60 bits per heavy atom. The first-order valence-corrected chi connectivity index (χ1v) is 12.0. The molecule has 3 aromatic rings. The lowest BCUT2D eigenvalue weighted by Crippen LogP contribution is -2.38. The predicted octanol–water partition coefficient (Wildman–Crippen LogP) is 4.67. The van der Waals surface area contributed by atoms with Gasteiger partial charge in [0.15, 0.2) is 0 Å². The van der Waals surface area contributed by atoms with E-state index in [9.17, 15) is 13.2 Å². The highest BCUT2D eigenvalue weighted by Gasteiger charge is 2.30. The number of amides is 1. The number of carbonyl (C=O) groups is 1. The molecule has 1 aliphatic rings. The Bertz CT molecular complexity index is 1210. The van der Waals surface area contributed by atoms with Crippen molar-refractivity contribution in [3.8, 4) is 0 Å². The highest BCUT2D eigenvalue weighted by Crippen LogP contribution is 2.29. The van der Waals surface area contributed by atoms with Crippen LogP contribution < -0.4 is 5.32 Å². The topological polar surface area (TPSA) is 79.4 Å². The fourth-order valence-electron chi connectivity index (χ4n) is 3.53. The summed E-state index contributed by atoms with van der Waals surface area (Å²) in [5, 5.41) is 3.74. The maximum atomic E-state index is 13.1. The lowest BCUT2D eigenvalue weighted by molar-refractivity contribution is 0.102. The Morgan fingerprint density at radius 1 is 1.10 bits per heavy atom. The van der Waals surface area contributed by atoms with Crippen molar-refractivity contribution in [2.75, 3.05) is 18.4 Å². The van der Waals surface area contributed by atoms with Crippen LogP contribution in [0.1, 0.15) is 30.1 Å². The third-order valence-corrected chi connectivity index (χ3v) is 8.29. The molecule has 0 radical (unpaired) electrons. The van der Waals surface area contributed by atoms with Gasteiger partial charge in [-0.15, -0.1) is 0 Å². The minimum atomic E-state index is -3.68. The van der Waals surface area contributed by atoms with E-state index in [1.165, 1.54) is 10.4 Å². The van der Waals surface area contributed by atoms with Crippen LogP contribution in [-0.2, 0) is 10.0 Å². The van der Waals surface area contributed by atoms with Crippen LogP contribution in [0.3, 0.4) is 0 Å². The lowest BCUT2D eigenvalue weighted by Gasteiger charge is -2.29. The van der Waals surface area contributed by atoms with Gasteiger partial charge in [-0.25, -0.2) is 13.4 Å². The van der Waals surface area contributed by atoms with Gasteiger partial charge in [0.2, 0.25) is 10.0 Å². The van der Waals surface area contributed by atoms with Gasteiger partial charge < -0.3 is 5.32 Å². The van der Waals surface area contributed by atoms with Crippen molar-refractivity contribution in [1.82, 2.24) is 9.29 Å². The lowest BCUT2D eigenvalue weighted by atomic mass is 10.0. The molecule has 2 heterocycles. The summed E-state index contributed by atoms with van der Waals surface area (Å²) >= 11 is 3.34. The molecule has 2 aromatic carbocycles. The number of hydrogen-bond donors (Lipinski definition) is 1. The van der Waals surface area contributed by atoms with Gasteiger partial charge in [0, 0.05) is 28.5 Å². The molecule has 6 nitrogen and oxygen atoms in total. The van der Waals surface area contributed by atoms with Crippen LogP contribution in [0.2, 0.25) is 0 Å². The maximum Gasteiger partial charge on any atom is 0.256 e. The van der Waals surface area contributed by atoms with Crippen LogP contribution in [0.4, 0.5) is 5.82 Å². The van der Waals surface area contributed by atoms with Crippen molar-refractivity contribution in [2.45, 2.75) is 24.7 Å². The monoisotopic (exact) mass is 487 g/mol. The number of piperidine rings is 1. The van der Waals surface area contributed by atoms with Crippen molar-refractivity contribution in [1.29, 1.82) is 0 Å². The number of anilines is 1. The van der Waals surface area contributed by atoms with Gasteiger partial charge >= 0.3 is 0 Å². The summed E-state index contributed by atoms with van der Waals surface area (Å²) in [6, 6.07) is 15.9. The van der Waals surface area contributed by atoms with Gasteiger partial charge in [-0.3, -0.25) is 4.79 Å². The van der Waals surface area contributed by atoms with Crippen molar-refractivity contribution >= 4 is 48.6 Å². The third-order valence-electron chi connectivity index (χ3n) is 5.39. The minimum absolute atomic E-state index is 0.108. The number of sulfonamides is 1. The molecule has 0 unspecified atom stereocenters. The van der Waals surface area contributed by atoms with Gasteiger partial charge in [-0.2, -0.15) is 4.31 Å². The number of rotatable bonds is 4.